The maximum Gasteiger partial charge on any atom is 0.269 e. The monoisotopic (exact) mass is 354 g/mol. The molecule has 0 saturated carbocycles. The number of benzene rings is 1. The van der Waals surface area contributed by atoms with Gasteiger partial charge >= 0.3 is 0 Å². The molecule has 9 heteroatoms. The van der Waals surface area contributed by atoms with Gasteiger partial charge in [0.25, 0.3) is 5.91 Å². The molecule has 1 aliphatic heterocycles. The number of carbonyl (C=O) groups is 2. The van der Waals surface area contributed by atoms with Crippen molar-refractivity contribution in [3.05, 3.63) is 29.8 Å². The molecule has 2 N–H and O–H groups in total. The van der Waals surface area contributed by atoms with Gasteiger partial charge in [0.1, 0.15) is 0 Å². The third-order valence-electron chi connectivity index (χ3n) is 3.85. The minimum Gasteiger partial charge on any atom is -0.304 e. The summed E-state index contributed by atoms with van der Waals surface area (Å²) in [5.74, 6) is -0.807. The van der Waals surface area contributed by atoms with Gasteiger partial charge in [-0.3, -0.25) is 20.4 Å². The molecule has 1 aromatic carbocycles. The highest BCUT2D eigenvalue weighted by Crippen LogP contribution is 2.18. The Morgan fingerprint density at radius 3 is 2.17 bits per heavy atom. The lowest BCUT2D eigenvalue weighted by Gasteiger charge is -2.31. The molecule has 0 radical (unpaired) electrons. The predicted molar refractivity (Wildman–Crippen MR) is 88.6 cm³/mol. The van der Waals surface area contributed by atoms with Crippen molar-refractivity contribution in [1.29, 1.82) is 0 Å². The van der Waals surface area contributed by atoms with Crippen LogP contribution in [0.25, 0.3) is 0 Å². The van der Waals surface area contributed by atoms with Crippen LogP contribution in [0.5, 0.6) is 0 Å². The highest BCUT2D eigenvalue weighted by atomic mass is 32.2. The zero-order chi connectivity index (χ0) is 17.7. The molecule has 0 atom stereocenters. The van der Waals surface area contributed by atoms with E-state index in [2.05, 4.69) is 15.8 Å². The third kappa shape index (κ3) is 4.31. The van der Waals surface area contributed by atoms with Crippen molar-refractivity contribution in [3.63, 3.8) is 0 Å². The van der Waals surface area contributed by atoms with Crippen LogP contribution in [0.15, 0.2) is 29.2 Å². The second kappa shape index (κ2) is 7.73. The van der Waals surface area contributed by atoms with Crippen molar-refractivity contribution in [2.24, 2.45) is 0 Å². The molecule has 2 rings (SSSR count). The van der Waals surface area contributed by atoms with Gasteiger partial charge in [-0.05, 0) is 31.3 Å². The second-order valence-corrected chi connectivity index (χ2v) is 7.53. The lowest BCUT2D eigenvalue weighted by Crippen LogP contribution is -2.47. The molecular weight excluding hydrogens is 332 g/mol. The maximum atomic E-state index is 12.6. The van der Waals surface area contributed by atoms with Crippen LogP contribution >= 0.6 is 0 Å². The quantitative estimate of drug-likeness (QED) is 0.729. The Labute approximate surface area is 141 Å². The average molecular weight is 354 g/mol. The first kappa shape index (κ1) is 18.4. The third-order valence-corrected chi connectivity index (χ3v) is 5.77. The topological polar surface area (TPSA) is 98.8 Å². The van der Waals surface area contributed by atoms with E-state index in [1.807, 2.05) is 7.05 Å². The molecule has 1 heterocycles. The van der Waals surface area contributed by atoms with Crippen LogP contribution in [0.2, 0.25) is 0 Å². The Hall–Kier alpha value is -1.97. The van der Waals surface area contributed by atoms with Crippen LogP contribution < -0.4 is 10.9 Å². The van der Waals surface area contributed by atoms with E-state index in [-0.39, 0.29) is 22.8 Å². The standard InChI is InChI=1S/C15H22N4O4S/c1-3-14(20)16-17-15(21)12-4-6-13(7-5-12)24(22,23)19-10-8-18(2)9-11-19/h4-7H,3,8-11H2,1-2H3,(H,16,20)(H,17,21). The molecule has 0 aromatic heterocycles. The molecule has 1 aliphatic rings. The number of hydrogen-bond acceptors (Lipinski definition) is 5. The second-order valence-electron chi connectivity index (χ2n) is 5.59. The van der Waals surface area contributed by atoms with Crippen molar-refractivity contribution < 1.29 is 18.0 Å². The van der Waals surface area contributed by atoms with E-state index >= 15 is 0 Å². The van der Waals surface area contributed by atoms with E-state index in [9.17, 15) is 18.0 Å². The van der Waals surface area contributed by atoms with E-state index in [0.717, 1.165) is 0 Å². The molecule has 1 saturated heterocycles. The zero-order valence-electron chi connectivity index (χ0n) is 13.8. The van der Waals surface area contributed by atoms with Crippen LogP contribution in [0.3, 0.4) is 0 Å². The van der Waals surface area contributed by atoms with E-state index < -0.39 is 15.9 Å². The number of hydrogen-bond donors (Lipinski definition) is 2. The van der Waals surface area contributed by atoms with Crippen LogP contribution in [-0.4, -0.2) is 62.7 Å². The van der Waals surface area contributed by atoms with E-state index in [1.165, 1.54) is 28.6 Å². The minimum atomic E-state index is -3.55. The number of likely N-dealkylation sites (N-methyl/N-ethyl adjacent to an activating group) is 1. The molecule has 1 fully saturated rings. The minimum absolute atomic E-state index is 0.154. The van der Waals surface area contributed by atoms with Gasteiger partial charge in [0.15, 0.2) is 0 Å². The summed E-state index contributed by atoms with van der Waals surface area (Å²) in [5.41, 5.74) is 4.80. The van der Waals surface area contributed by atoms with Gasteiger partial charge in [-0.1, -0.05) is 6.92 Å². The van der Waals surface area contributed by atoms with Crippen molar-refractivity contribution in [1.82, 2.24) is 20.1 Å². The maximum absolute atomic E-state index is 12.6. The first-order chi connectivity index (χ1) is 11.3. The molecule has 1 aromatic rings. The molecule has 2 amide bonds. The summed E-state index contributed by atoms with van der Waals surface area (Å²) in [4.78, 5) is 25.2. The van der Waals surface area contributed by atoms with Crippen LogP contribution in [0.4, 0.5) is 0 Å². The molecule has 0 bridgehead atoms. The Bertz CT molecular complexity index is 695. The average Bonchev–Trinajstić information content (AvgIpc) is 2.59. The van der Waals surface area contributed by atoms with E-state index in [1.54, 1.807) is 6.92 Å². The van der Waals surface area contributed by atoms with Crippen LogP contribution in [-0.2, 0) is 14.8 Å². The fourth-order valence-electron chi connectivity index (χ4n) is 2.24. The normalized spacial score (nSPS) is 16.6. The van der Waals surface area contributed by atoms with Gasteiger partial charge in [0.05, 0.1) is 4.90 Å². The molecule has 0 spiro atoms. The highest BCUT2D eigenvalue weighted by molar-refractivity contribution is 7.89. The largest absolute Gasteiger partial charge is 0.304 e. The number of piperazine rings is 1. The summed E-state index contributed by atoms with van der Waals surface area (Å²) in [6, 6.07) is 5.67. The Kier molecular flexibility index (Phi) is 5.92. The molecule has 0 unspecified atom stereocenters. The number of rotatable bonds is 4. The van der Waals surface area contributed by atoms with Gasteiger partial charge in [-0.15, -0.1) is 0 Å². The molecule has 0 aliphatic carbocycles. The SMILES string of the molecule is CCC(=O)NNC(=O)c1ccc(S(=O)(=O)N2CCN(C)CC2)cc1. The van der Waals surface area contributed by atoms with Crippen molar-refractivity contribution in [2.75, 3.05) is 33.2 Å². The smallest absolute Gasteiger partial charge is 0.269 e. The zero-order valence-corrected chi connectivity index (χ0v) is 14.6. The first-order valence-corrected chi connectivity index (χ1v) is 9.16. The number of sulfonamides is 1. The summed E-state index contributed by atoms with van der Waals surface area (Å²) in [5, 5.41) is 0. The fourth-order valence-corrected chi connectivity index (χ4v) is 3.67. The van der Waals surface area contributed by atoms with Gasteiger partial charge < -0.3 is 4.90 Å². The number of nitrogens with zero attached hydrogens (tertiary/aromatic N) is 2. The summed E-state index contributed by atoms with van der Waals surface area (Å²) in [6.07, 6.45) is 0.252. The van der Waals surface area contributed by atoms with Crippen LogP contribution in [0.1, 0.15) is 23.7 Å². The number of carbonyl (C=O) groups excluding carboxylic acids is 2. The van der Waals surface area contributed by atoms with Crippen LogP contribution in [0, 0.1) is 0 Å². The van der Waals surface area contributed by atoms with E-state index in [0.29, 0.717) is 26.2 Å². The summed E-state index contributed by atoms with van der Waals surface area (Å²) in [6.45, 7) is 3.95. The van der Waals surface area contributed by atoms with Gasteiger partial charge in [0.2, 0.25) is 15.9 Å². The summed E-state index contributed by atoms with van der Waals surface area (Å²) in [7, 11) is -1.60. The fraction of sp³-hybridized carbons (Fsp3) is 0.467. The lowest BCUT2D eigenvalue weighted by atomic mass is 10.2. The van der Waals surface area contributed by atoms with Gasteiger partial charge in [-0.2, -0.15) is 4.31 Å². The molecule has 132 valence electrons. The van der Waals surface area contributed by atoms with E-state index in [4.69, 9.17) is 0 Å². The van der Waals surface area contributed by atoms with Crippen molar-refractivity contribution in [3.8, 4) is 0 Å². The Balaban J connectivity index is 2.05. The summed E-state index contributed by atoms with van der Waals surface area (Å²) < 4.78 is 26.6. The Morgan fingerprint density at radius 2 is 1.62 bits per heavy atom. The lowest BCUT2D eigenvalue weighted by molar-refractivity contribution is -0.121. The summed E-state index contributed by atoms with van der Waals surface area (Å²) >= 11 is 0. The van der Waals surface area contributed by atoms with Gasteiger partial charge in [-0.25, -0.2) is 8.42 Å². The number of amides is 2. The number of hydrazine groups is 1. The predicted octanol–water partition coefficient (Wildman–Crippen LogP) is -0.206. The first-order valence-electron chi connectivity index (χ1n) is 7.72. The van der Waals surface area contributed by atoms with Gasteiger partial charge in [0, 0.05) is 38.2 Å². The molecule has 8 nitrogen and oxygen atoms in total. The van der Waals surface area contributed by atoms with Crippen molar-refractivity contribution in [2.45, 2.75) is 18.2 Å². The molecule has 24 heavy (non-hydrogen) atoms. The Morgan fingerprint density at radius 1 is 1.04 bits per heavy atom. The number of nitrogens with one attached hydrogen (secondary N) is 2. The molecular formula is C15H22N4O4S. The van der Waals surface area contributed by atoms with Crippen molar-refractivity contribution >= 4 is 21.8 Å². The highest BCUT2D eigenvalue weighted by Gasteiger charge is 2.27.